The van der Waals surface area contributed by atoms with E-state index in [1.54, 1.807) is 48.5 Å². The molecule has 0 N–H and O–H groups in total. The molecule has 18 nitrogen and oxygen atoms in total. The summed E-state index contributed by atoms with van der Waals surface area (Å²) in [7, 11) is 0. The van der Waals surface area contributed by atoms with Gasteiger partial charge in [0, 0.05) is 54.2 Å². The maximum Gasteiger partial charge on any atom is 0.333 e. The zero-order valence-electron chi connectivity index (χ0n) is 50.5. The minimum atomic E-state index is -0.878. The molecule has 0 unspecified atom stereocenters. The molecular weight excluding hydrogens is 1150 g/mol. The Bertz CT molecular complexity index is 3950. The summed E-state index contributed by atoms with van der Waals surface area (Å²) in [5.74, 6) is -4.66. The van der Waals surface area contributed by atoms with Gasteiger partial charge in [0.05, 0.1) is 48.7 Å². The van der Waals surface area contributed by atoms with Crippen LogP contribution in [0, 0.1) is 27.7 Å². The molecule has 9 aromatic rings. The van der Waals surface area contributed by atoms with Crippen molar-refractivity contribution in [2.45, 2.75) is 67.2 Å². The molecule has 456 valence electrons. The molecule has 0 aromatic heterocycles. The molecule has 0 atom stereocenters. The molecule has 0 bridgehead atoms. The predicted octanol–water partition coefficient (Wildman–Crippen LogP) is 14.2. The molecule has 4 amide bonds. The first-order chi connectivity index (χ1) is 43.2. The zero-order valence-corrected chi connectivity index (χ0v) is 50.5. The first-order valence-electron chi connectivity index (χ1n) is 29.3. The van der Waals surface area contributed by atoms with Gasteiger partial charge in [0.1, 0.15) is 59.1 Å². The summed E-state index contributed by atoms with van der Waals surface area (Å²) >= 11 is 0. The number of benzene rings is 9. The van der Waals surface area contributed by atoms with Crippen molar-refractivity contribution in [3.05, 3.63) is 190 Å². The van der Waals surface area contributed by atoms with Crippen molar-refractivity contribution in [1.29, 1.82) is 0 Å². The van der Waals surface area contributed by atoms with Crippen LogP contribution in [0.2, 0.25) is 0 Å². The smallest absolute Gasteiger partial charge is 0.333 e. The topological polar surface area (TPSA) is 217 Å². The number of amides is 4. The number of esters is 4. The van der Waals surface area contributed by atoms with E-state index < -0.39 is 60.6 Å². The normalized spacial score (nSPS) is 12.6. The van der Waals surface area contributed by atoms with Crippen molar-refractivity contribution < 1.29 is 76.3 Å². The summed E-state index contributed by atoms with van der Waals surface area (Å²) < 4.78 is 49.4. The lowest BCUT2D eigenvalue weighted by Crippen LogP contribution is -2.44. The van der Waals surface area contributed by atoms with Gasteiger partial charge in [0.2, 0.25) is 0 Å². The number of hydrogen-bond donors (Lipinski definition) is 0. The predicted molar refractivity (Wildman–Crippen MR) is 335 cm³/mol. The van der Waals surface area contributed by atoms with Crippen LogP contribution in [0.25, 0.3) is 43.1 Å². The number of fused-ring (bicyclic) bond motifs is 2. The summed E-state index contributed by atoms with van der Waals surface area (Å²) in [4.78, 5) is 115. The van der Waals surface area contributed by atoms with Gasteiger partial charge < -0.3 is 37.9 Å². The minimum absolute atomic E-state index is 0.0316. The number of imide groups is 2. The fourth-order valence-corrected chi connectivity index (χ4v) is 10.9. The minimum Gasteiger partial charge on any atom is -0.464 e. The van der Waals surface area contributed by atoms with Gasteiger partial charge in [0.15, 0.2) is 0 Å². The van der Waals surface area contributed by atoms with Gasteiger partial charge in [-0.25, -0.2) is 9.59 Å². The molecular formula is C72H62N2O16. The maximum atomic E-state index is 15.4. The quantitative estimate of drug-likeness (QED) is 0.0104. The number of nitrogens with zero attached hydrogens (tertiary/aromatic N) is 2. The van der Waals surface area contributed by atoms with Crippen LogP contribution in [0.15, 0.2) is 146 Å². The molecule has 0 aliphatic carbocycles. The van der Waals surface area contributed by atoms with E-state index in [0.717, 1.165) is 32.1 Å². The van der Waals surface area contributed by atoms with Crippen molar-refractivity contribution in [2.24, 2.45) is 0 Å². The van der Waals surface area contributed by atoms with Gasteiger partial charge in [-0.1, -0.05) is 83.9 Å². The van der Waals surface area contributed by atoms with Gasteiger partial charge in [0.25, 0.3) is 23.6 Å². The van der Waals surface area contributed by atoms with Crippen molar-refractivity contribution in [3.8, 4) is 46.0 Å². The van der Waals surface area contributed by atoms with Crippen LogP contribution in [-0.4, -0.2) is 96.8 Å². The Hall–Kier alpha value is -10.9. The standard InChI is InChI=1S/C72H62N2O16/c1-39(2)71(81)85-31-11-9-29-83-57(75)37-73-67(77)49-33-53(87-45-21-13-41(5)14-22-45)61-63-55(89-47-25-17-43(7)18-26-47)35-51-60-52(70(80)74(69(51)79)38-58(76)84-30-10-12-32-86-72(82)40(3)4)36-56(90-48-27-19-44(8)20-28-48)64(66(60)63)62-54(88-46-23-15-42(6)16-24-46)34-50(68(73)78)59(49)65(61)62/h13-28,33-36H,1,3,9-12,29-32,37-38H2,2,4-8H3. The van der Waals surface area contributed by atoms with Crippen LogP contribution in [0.3, 0.4) is 0 Å². The number of aryl methyl sites for hydroxylation is 4. The zero-order chi connectivity index (χ0) is 63.7. The number of hydrogen-bond acceptors (Lipinski definition) is 16. The second kappa shape index (κ2) is 25.4. The van der Waals surface area contributed by atoms with E-state index in [1.165, 1.54) is 38.1 Å². The number of rotatable bonds is 24. The Morgan fingerprint density at radius 1 is 0.344 bits per heavy atom. The van der Waals surface area contributed by atoms with Crippen LogP contribution in [0.5, 0.6) is 46.0 Å². The lowest BCUT2D eigenvalue weighted by Gasteiger charge is -2.32. The molecule has 0 fully saturated rings. The van der Waals surface area contributed by atoms with Gasteiger partial charge in [-0.05, 0) is 140 Å². The average Bonchev–Trinajstić information content (AvgIpc) is 0.675. The third-order valence-electron chi connectivity index (χ3n) is 15.4. The summed E-state index contributed by atoms with van der Waals surface area (Å²) in [5.41, 5.74) is 4.04. The molecule has 9 aromatic carbocycles. The van der Waals surface area contributed by atoms with Gasteiger partial charge >= 0.3 is 23.9 Å². The fourth-order valence-electron chi connectivity index (χ4n) is 10.9. The van der Waals surface area contributed by atoms with Crippen molar-refractivity contribution in [1.82, 2.24) is 9.80 Å². The van der Waals surface area contributed by atoms with E-state index in [2.05, 4.69) is 13.2 Å². The molecule has 0 saturated heterocycles. The Morgan fingerprint density at radius 2 is 0.578 bits per heavy atom. The number of carbonyl (C=O) groups is 8. The summed E-state index contributed by atoms with van der Waals surface area (Å²) in [6, 6.07) is 34.8. The molecule has 18 heteroatoms. The van der Waals surface area contributed by atoms with Gasteiger partial charge in [-0.3, -0.25) is 38.6 Å². The highest BCUT2D eigenvalue weighted by molar-refractivity contribution is 6.45. The van der Waals surface area contributed by atoms with Crippen molar-refractivity contribution in [3.63, 3.8) is 0 Å². The Morgan fingerprint density at radius 3 is 0.811 bits per heavy atom. The van der Waals surface area contributed by atoms with Gasteiger partial charge in [-0.15, -0.1) is 0 Å². The third-order valence-corrected chi connectivity index (χ3v) is 15.4. The average molecular weight is 1210 g/mol. The summed E-state index contributed by atoms with van der Waals surface area (Å²) in [6.45, 7) is 16.3. The Kier molecular flexibility index (Phi) is 17.2. The van der Waals surface area contributed by atoms with E-state index in [1.807, 2.05) is 76.2 Å². The highest BCUT2D eigenvalue weighted by atomic mass is 16.5. The van der Waals surface area contributed by atoms with E-state index >= 15 is 19.2 Å². The number of carbonyl (C=O) groups excluding carboxylic acids is 8. The molecule has 90 heavy (non-hydrogen) atoms. The van der Waals surface area contributed by atoms with Crippen molar-refractivity contribution >= 4 is 90.6 Å². The molecule has 11 rings (SSSR count). The van der Waals surface area contributed by atoms with E-state index in [9.17, 15) is 19.2 Å². The lowest BCUT2D eigenvalue weighted by atomic mass is 9.80. The fraction of sp³-hybridized carbons (Fsp3) is 0.222. The number of ether oxygens (including phenoxy) is 8. The summed E-state index contributed by atoms with van der Waals surface area (Å²) in [6.07, 6.45) is 1.34. The molecule has 0 radical (unpaired) electrons. The first kappa shape index (κ1) is 60.8. The highest BCUT2D eigenvalue weighted by Crippen LogP contribution is 2.58. The molecule has 2 heterocycles. The largest absolute Gasteiger partial charge is 0.464 e. The van der Waals surface area contributed by atoms with E-state index in [0.29, 0.717) is 48.7 Å². The molecule has 0 saturated carbocycles. The molecule has 2 aliphatic heterocycles. The van der Waals surface area contributed by atoms with Crippen LogP contribution < -0.4 is 18.9 Å². The van der Waals surface area contributed by atoms with Crippen molar-refractivity contribution in [2.75, 3.05) is 39.5 Å². The highest BCUT2D eigenvalue weighted by Gasteiger charge is 2.42. The lowest BCUT2D eigenvalue weighted by molar-refractivity contribution is -0.145. The first-order valence-corrected chi connectivity index (χ1v) is 29.3. The SMILES string of the molecule is C=C(C)C(=O)OCCCCOC(=O)CN1C(=O)c2cc(Oc3ccc(C)cc3)c3c4c(Oc5ccc(C)cc5)cc5c6c(cc(Oc7ccc(C)cc7)c(c7c(Oc8ccc(C)cc8)cc(c2c37)C1=O)c64)C(=O)N(CC(=O)OCCCCOC(=O)C(=C)C)C5=O. The van der Waals surface area contributed by atoms with Crippen LogP contribution >= 0.6 is 0 Å². The van der Waals surface area contributed by atoms with Crippen LogP contribution in [0.1, 0.15) is 103 Å². The molecule has 0 spiro atoms. The van der Waals surface area contributed by atoms with E-state index in [4.69, 9.17) is 37.9 Å². The third kappa shape index (κ3) is 12.2. The summed E-state index contributed by atoms with van der Waals surface area (Å²) in [5, 5.41) is 1.89. The number of unbranched alkanes of at least 4 members (excludes halogenated alkanes) is 2. The second-order valence-electron chi connectivity index (χ2n) is 22.4. The molecule has 2 aliphatic rings. The monoisotopic (exact) mass is 1210 g/mol. The van der Waals surface area contributed by atoms with E-state index in [-0.39, 0.29) is 126 Å². The Balaban J connectivity index is 1.16. The van der Waals surface area contributed by atoms with Gasteiger partial charge in [-0.2, -0.15) is 0 Å². The second-order valence-corrected chi connectivity index (χ2v) is 22.4. The maximum absolute atomic E-state index is 15.4. The van der Waals surface area contributed by atoms with Crippen LogP contribution in [-0.2, 0) is 38.1 Å². The Labute approximate surface area is 517 Å². The van der Waals surface area contributed by atoms with Crippen LogP contribution in [0.4, 0.5) is 0 Å².